The van der Waals surface area contributed by atoms with Crippen LogP contribution >= 0.6 is 11.6 Å². The minimum atomic E-state index is -4.08. The molecule has 7 rings (SSSR count). The molecule has 2 aromatic carbocycles. The first kappa shape index (κ1) is 38.8. The smallest absolute Gasteiger partial charge is 0.243 e. The van der Waals surface area contributed by atoms with Crippen molar-refractivity contribution in [3.8, 4) is 0 Å². The number of piperidine rings is 1. The van der Waals surface area contributed by atoms with Crippen LogP contribution in [0.15, 0.2) is 89.7 Å². The molecule has 10 nitrogen and oxygen atoms in total. The van der Waals surface area contributed by atoms with Crippen molar-refractivity contribution in [3.05, 3.63) is 124 Å². The minimum Gasteiger partial charge on any atom is -0.380 e. The van der Waals surface area contributed by atoms with Crippen LogP contribution in [-0.4, -0.2) is 81.9 Å². The number of likely N-dealkylation sites (tertiary alicyclic amines) is 1. The average Bonchev–Trinajstić information content (AvgIpc) is 3.40. The number of rotatable bonds is 12. The number of ether oxygens (including phenoxy) is 1. The Balaban J connectivity index is 1.14. The summed E-state index contributed by atoms with van der Waals surface area (Å²) in [7, 11) is -4.08. The Morgan fingerprint density at radius 1 is 0.982 bits per heavy atom. The zero-order valence-electron chi connectivity index (χ0n) is 32.0. The molecule has 0 N–H and O–H groups in total. The highest BCUT2D eigenvalue weighted by molar-refractivity contribution is 7.89. The van der Waals surface area contributed by atoms with Crippen LogP contribution in [0.3, 0.4) is 0 Å². The summed E-state index contributed by atoms with van der Waals surface area (Å²) in [6.45, 7) is 9.86. The number of hydrogen-bond acceptors (Lipinski definition) is 7. The van der Waals surface area contributed by atoms with Crippen LogP contribution in [0.2, 0.25) is 5.02 Å². The highest BCUT2D eigenvalue weighted by Crippen LogP contribution is 2.38. The van der Waals surface area contributed by atoms with Gasteiger partial charge in [-0.3, -0.25) is 14.8 Å². The topological polar surface area (TPSA) is 111 Å². The van der Waals surface area contributed by atoms with Crippen LogP contribution < -0.4 is 0 Å². The van der Waals surface area contributed by atoms with Crippen molar-refractivity contribution in [2.75, 3.05) is 32.8 Å². The van der Waals surface area contributed by atoms with Crippen LogP contribution in [0.5, 0.6) is 0 Å². The first-order valence-corrected chi connectivity index (χ1v) is 21.0. The van der Waals surface area contributed by atoms with Gasteiger partial charge in [0.2, 0.25) is 15.9 Å². The molecule has 1 amide bonds. The zero-order chi connectivity index (χ0) is 38.7. The molecule has 1 saturated heterocycles. The van der Waals surface area contributed by atoms with E-state index in [4.69, 9.17) is 21.3 Å². The molecule has 0 spiro atoms. The van der Waals surface area contributed by atoms with Gasteiger partial charge in [-0.25, -0.2) is 13.4 Å². The number of pyridine rings is 2. The largest absolute Gasteiger partial charge is 0.380 e. The number of carbonyl (C=O) groups is 1. The molecule has 3 aromatic heterocycles. The number of imidazole rings is 1. The quantitative estimate of drug-likeness (QED) is 0.129. The molecular weight excluding hydrogens is 732 g/mol. The number of benzene rings is 2. The fourth-order valence-electron chi connectivity index (χ4n) is 8.01. The second-order valence-corrected chi connectivity index (χ2v) is 17.2. The Morgan fingerprint density at radius 3 is 2.49 bits per heavy atom. The number of nitrogens with zero attached hydrogens (tertiary/aromatic N) is 6. The number of carbonyl (C=O) groups excluding carboxylic acids is 1. The number of fused-ring (bicyclic) bond motifs is 3. The van der Waals surface area contributed by atoms with E-state index in [-0.39, 0.29) is 29.9 Å². The van der Waals surface area contributed by atoms with Gasteiger partial charge in [-0.2, -0.15) is 4.31 Å². The van der Waals surface area contributed by atoms with Gasteiger partial charge in [0.25, 0.3) is 0 Å². The Hall–Kier alpha value is -4.42. The third-order valence-corrected chi connectivity index (χ3v) is 12.9. The predicted octanol–water partition coefficient (Wildman–Crippen LogP) is 7.50. The van der Waals surface area contributed by atoms with E-state index in [1.54, 1.807) is 24.5 Å². The van der Waals surface area contributed by atoms with Gasteiger partial charge in [0.1, 0.15) is 11.3 Å². The Labute approximate surface area is 329 Å². The fourth-order valence-corrected chi connectivity index (χ4v) is 9.77. The molecule has 1 atom stereocenters. The van der Waals surface area contributed by atoms with Gasteiger partial charge in [-0.1, -0.05) is 55.3 Å². The molecule has 288 valence electrons. The van der Waals surface area contributed by atoms with E-state index < -0.39 is 16.1 Å². The van der Waals surface area contributed by atoms with Gasteiger partial charge < -0.3 is 14.2 Å². The van der Waals surface area contributed by atoms with Crippen LogP contribution in [0, 0.1) is 12.8 Å². The molecule has 0 saturated carbocycles. The third-order valence-electron chi connectivity index (χ3n) is 10.8. The van der Waals surface area contributed by atoms with Gasteiger partial charge in [0.15, 0.2) is 0 Å². The maximum absolute atomic E-state index is 14.6. The molecule has 1 aliphatic heterocycles. The van der Waals surface area contributed by atoms with E-state index >= 15 is 0 Å². The Morgan fingerprint density at radius 2 is 1.75 bits per heavy atom. The first-order valence-electron chi connectivity index (χ1n) is 19.2. The van der Waals surface area contributed by atoms with Crippen LogP contribution in [-0.2, 0) is 38.9 Å². The molecule has 5 aromatic rings. The molecule has 0 unspecified atom stereocenters. The van der Waals surface area contributed by atoms with Crippen LogP contribution in [0.25, 0.3) is 16.6 Å². The summed E-state index contributed by atoms with van der Waals surface area (Å²) in [4.78, 5) is 29.8. The maximum Gasteiger partial charge on any atom is 0.243 e. The molecule has 0 bridgehead atoms. The summed E-state index contributed by atoms with van der Waals surface area (Å²) in [5, 5.41) is 0.717. The van der Waals surface area contributed by atoms with Crippen LogP contribution in [0.1, 0.15) is 73.8 Å². The summed E-state index contributed by atoms with van der Waals surface area (Å²) < 4.78 is 38.5. The lowest BCUT2D eigenvalue weighted by Gasteiger charge is -2.35. The lowest BCUT2D eigenvalue weighted by Crippen LogP contribution is -2.50. The lowest BCUT2D eigenvalue weighted by atomic mass is 9.88. The average molecular weight is 781 g/mol. The molecule has 4 heterocycles. The molecule has 12 heteroatoms. The molecule has 1 aliphatic carbocycles. The molecule has 55 heavy (non-hydrogen) atoms. The Bertz CT molecular complexity index is 2310. The van der Waals surface area contributed by atoms with Crippen molar-refractivity contribution in [1.82, 2.24) is 28.7 Å². The SMILES string of the molecule is CCOC[C@H](CC(C)C)N(CC(=O)N1CCC(=C2c3ccc(Cl)cc3CCc3cccnc32)CC1)S(=O)(=O)c1ccc(Cn2c(C)nc3cnccc32)cc1. The number of aromatic nitrogens is 4. The summed E-state index contributed by atoms with van der Waals surface area (Å²) in [6, 6.07) is 18.6. The van der Waals surface area contributed by atoms with Crippen molar-refractivity contribution in [2.24, 2.45) is 5.92 Å². The summed E-state index contributed by atoms with van der Waals surface area (Å²) in [6.07, 6.45) is 8.98. The minimum absolute atomic E-state index is 0.148. The second kappa shape index (κ2) is 16.8. The highest BCUT2D eigenvalue weighted by atomic mass is 35.5. The van der Waals surface area contributed by atoms with E-state index in [9.17, 15) is 13.2 Å². The monoisotopic (exact) mass is 780 g/mol. The van der Waals surface area contributed by atoms with Gasteiger partial charge in [0.05, 0.1) is 35.5 Å². The molecule has 1 fully saturated rings. The van der Waals surface area contributed by atoms with E-state index in [0.29, 0.717) is 50.5 Å². The van der Waals surface area contributed by atoms with Crippen molar-refractivity contribution in [1.29, 1.82) is 0 Å². The standard InChI is InChI=1S/C43H49ClN6O4S/c1-5-54-28-36(23-29(2)3)50(55(52,53)37-13-8-31(9-14-37)26-49-30(4)47-39-25-45-20-16-40(39)49)27-41(51)48-21-17-32(18-22-48)42-38-15-12-35(44)24-34(38)11-10-33-7-6-19-46-43(33)42/h6-9,12-16,19-20,24-25,29,36H,5,10-11,17-18,21-23,26-28H2,1-4H3/t36-/m0/s1. The number of amides is 1. The highest BCUT2D eigenvalue weighted by Gasteiger charge is 2.36. The van der Waals surface area contributed by atoms with Gasteiger partial charge in [-0.15, -0.1) is 0 Å². The molecule has 2 aliphatic rings. The van der Waals surface area contributed by atoms with E-state index in [1.807, 2.05) is 55.3 Å². The predicted molar refractivity (Wildman–Crippen MR) is 216 cm³/mol. The molecular formula is C43H49ClN6O4S. The zero-order valence-corrected chi connectivity index (χ0v) is 33.6. The number of aryl methyl sites for hydroxylation is 3. The Kier molecular flexibility index (Phi) is 11.8. The third kappa shape index (κ3) is 8.40. The van der Waals surface area contributed by atoms with E-state index in [1.165, 1.54) is 21.0 Å². The van der Waals surface area contributed by atoms with E-state index in [0.717, 1.165) is 52.1 Å². The normalized spacial score (nSPS) is 15.4. The van der Waals surface area contributed by atoms with Gasteiger partial charge in [-0.05, 0) is 111 Å². The summed E-state index contributed by atoms with van der Waals surface area (Å²) in [5.74, 6) is 0.823. The first-order chi connectivity index (χ1) is 26.5. The lowest BCUT2D eigenvalue weighted by molar-refractivity contribution is -0.132. The van der Waals surface area contributed by atoms with Gasteiger partial charge in [0, 0.05) is 55.3 Å². The summed E-state index contributed by atoms with van der Waals surface area (Å²) >= 11 is 6.44. The number of halogens is 1. The van der Waals surface area contributed by atoms with Crippen molar-refractivity contribution in [3.63, 3.8) is 0 Å². The second-order valence-electron chi connectivity index (χ2n) is 14.9. The fraction of sp³-hybridized carbons (Fsp3) is 0.395. The van der Waals surface area contributed by atoms with Crippen LogP contribution in [0.4, 0.5) is 0 Å². The van der Waals surface area contributed by atoms with Crippen molar-refractivity contribution >= 4 is 44.1 Å². The molecule has 0 radical (unpaired) electrons. The van der Waals surface area contributed by atoms with Crippen molar-refractivity contribution < 1.29 is 17.9 Å². The number of hydrogen-bond donors (Lipinski definition) is 0. The van der Waals surface area contributed by atoms with Gasteiger partial charge >= 0.3 is 0 Å². The van der Waals surface area contributed by atoms with Crippen molar-refractivity contribution in [2.45, 2.75) is 77.3 Å². The maximum atomic E-state index is 14.6. The number of sulfonamides is 1. The van der Waals surface area contributed by atoms with E-state index in [2.05, 4.69) is 46.6 Å². The summed E-state index contributed by atoms with van der Waals surface area (Å²) in [5.41, 5.74) is 9.67.